The molecule has 0 unspecified atom stereocenters. The number of rotatable bonds is 3. The largest absolute Gasteiger partial charge is 0.457 e. The molecule has 0 bridgehead atoms. The maximum absolute atomic E-state index is 13.3. The van der Waals surface area contributed by atoms with Crippen LogP contribution in [0, 0.1) is 11.2 Å². The lowest BCUT2D eigenvalue weighted by atomic mass is 10.1. The standard InChI is InChI=1S/C18H12ClFN4O2S/c1-2-15-23-24-16(21)11(17(25)22-18(24)27-15)8-10-4-6-14(26-10)9-3-5-13(20)12(19)7-9/h3-8,21H,2H2,1H3. The number of aliphatic imine (C=N–C) groups is 1. The van der Waals surface area contributed by atoms with Crippen molar-refractivity contribution in [2.45, 2.75) is 13.3 Å². The number of halogens is 2. The molecule has 0 fully saturated rings. The van der Waals surface area contributed by atoms with E-state index < -0.39 is 11.7 Å². The lowest BCUT2D eigenvalue weighted by Crippen LogP contribution is -2.35. The van der Waals surface area contributed by atoms with Gasteiger partial charge in [0.05, 0.1) is 10.6 Å². The summed E-state index contributed by atoms with van der Waals surface area (Å²) < 4.78 is 19.0. The van der Waals surface area contributed by atoms with Crippen LogP contribution in [-0.4, -0.2) is 27.0 Å². The van der Waals surface area contributed by atoms with Gasteiger partial charge in [0.15, 0.2) is 5.84 Å². The van der Waals surface area contributed by atoms with Crippen molar-refractivity contribution in [3.63, 3.8) is 0 Å². The van der Waals surface area contributed by atoms with Crippen molar-refractivity contribution < 1.29 is 13.6 Å². The van der Waals surface area contributed by atoms with E-state index in [1.54, 1.807) is 18.2 Å². The van der Waals surface area contributed by atoms with Gasteiger partial charge in [0.1, 0.15) is 22.4 Å². The molecule has 2 aromatic rings. The number of fused-ring (bicyclic) bond motifs is 1. The third-order valence-corrected chi connectivity index (χ3v) is 5.26. The summed E-state index contributed by atoms with van der Waals surface area (Å²) in [7, 11) is 0. The summed E-state index contributed by atoms with van der Waals surface area (Å²) in [6.45, 7) is 1.94. The summed E-state index contributed by atoms with van der Waals surface area (Å²) in [5, 5.41) is 15.1. The van der Waals surface area contributed by atoms with Crippen LogP contribution in [-0.2, 0) is 4.79 Å². The van der Waals surface area contributed by atoms with E-state index in [0.29, 0.717) is 28.7 Å². The number of hydrogen-bond acceptors (Lipinski definition) is 5. The molecule has 0 spiro atoms. The zero-order valence-electron chi connectivity index (χ0n) is 14.0. The first-order valence-corrected chi connectivity index (χ1v) is 9.20. The van der Waals surface area contributed by atoms with Crippen molar-refractivity contribution in [1.82, 2.24) is 5.01 Å². The molecule has 136 valence electrons. The van der Waals surface area contributed by atoms with E-state index in [1.807, 2.05) is 6.92 Å². The number of carbonyl (C=O) groups excluding carboxylic acids is 1. The molecule has 1 amide bonds. The normalized spacial score (nSPS) is 18.0. The highest BCUT2D eigenvalue weighted by atomic mass is 35.5. The molecule has 3 heterocycles. The number of hydrogen-bond donors (Lipinski definition) is 1. The Kier molecular flexibility index (Phi) is 4.45. The highest BCUT2D eigenvalue weighted by Crippen LogP contribution is 2.31. The van der Waals surface area contributed by atoms with E-state index >= 15 is 0 Å². The second-order valence-electron chi connectivity index (χ2n) is 5.70. The molecule has 0 atom stereocenters. The highest BCUT2D eigenvalue weighted by Gasteiger charge is 2.35. The SMILES string of the molecule is CCC1=NN2C(=N)C(=Cc3ccc(-c4ccc(F)c(Cl)c4)o3)C(=O)N=C2S1. The molecule has 0 saturated heterocycles. The maximum Gasteiger partial charge on any atom is 0.283 e. The molecule has 1 aromatic carbocycles. The fraction of sp³-hybridized carbons (Fsp3) is 0.111. The van der Waals surface area contributed by atoms with E-state index in [-0.39, 0.29) is 16.4 Å². The van der Waals surface area contributed by atoms with Crippen LogP contribution in [0.4, 0.5) is 4.39 Å². The van der Waals surface area contributed by atoms with Crippen LogP contribution < -0.4 is 0 Å². The summed E-state index contributed by atoms with van der Waals surface area (Å²) in [5.41, 5.74) is 0.683. The minimum absolute atomic E-state index is 0.00831. The zero-order chi connectivity index (χ0) is 19.1. The van der Waals surface area contributed by atoms with Crippen molar-refractivity contribution in [2.24, 2.45) is 10.1 Å². The Morgan fingerprint density at radius 1 is 1.37 bits per heavy atom. The lowest BCUT2D eigenvalue weighted by molar-refractivity contribution is -0.114. The van der Waals surface area contributed by atoms with Gasteiger partial charge in [-0.3, -0.25) is 10.2 Å². The molecule has 1 aromatic heterocycles. The molecular weight excluding hydrogens is 391 g/mol. The first-order valence-electron chi connectivity index (χ1n) is 8.00. The van der Waals surface area contributed by atoms with Crippen LogP contribution in [0.3, 0.4) is 0 Å². The fourth-order valence-corrected chi connectivity index (χ4v) is 3.56. The van der Waals surface area contributed by atoms with Crippen molar-refractivity contribution >= 4 is 51.4 Å². The molecular formula is C18H12ClFN4O2S. The number of nitrogens with zero attached hydrogens (tertiary/aromatic N) is 3. The molecule has 1 N–H and O–H groups in total. The van der Waals surface area contributed by atoms with Crippen LogP contribution in [0.15, 0.2) is 50.4 Å². The van der Waals surface area contributed by atoms with Crippen LogP contribution in [0.5, 0.6) is 0 Å². The van der Waals surface area contributed by atoms with Gasteiger partial charge in [-0.15, -0.1) is 0 Å². The van der Waals surface area contributed by atoms with Crippen LogP contribution in [0.25, 0.3) is 17.4 Å². The fourth-order valence-electron chi connectivity index (χ4n) is 2.55. The van der Waals surface area contributed by atoms with Gasteiger partial charge in [0.2, 0.25) is 5.17 Å². The van der Waals surface area contributed by atoms with E-state index in [2.05, 4.69) is 10.1 Å². The van der Waals surface area contributed by atoms with E-state index in [0.717, 1.165) is 5.04 Å². The first-order chi connectivity index (χ1) is 13.0. The zero-order valence-corrected chi connectivity index (χ0v) is 15.6. The quantitative estimate of drug-likeness (QED) is 0.750. The minimum Gasteiger partial charge on any atom is -0.457 e. The molecule has 6 nitrogen and oxygen atoms in total. The predicted molar refractivity (Wildman–Crippen MR) is 104 cm³/mol. The molecule has 4 rings (SSSR count). The van der Waals surface area contributed by atoms with Gasteiger partial charge >= 0.3 is 0 Å². The van der Waals surface area contributed by atoms with Crippen LogP contribution in [0.1, 0.15) is 19.1 Å². The number of nitrogens with one attached hydrogen (secondary N) is 1. The Morgan fingerprint density at radius 2 is 2.19 bits per heavy atom. The predicted octanol–water partition coefficient (Wildman–Crippen LogP) is 4.77. The number of hydrazone groups is 1. The van der Waals surface area contributed by atoms with Gasteiger partial charge in [-0.25, -0.2) is 4.39 Å². The van der Waals surface area contributed by atoms with Crippen molar-refractivity contribution in [3.05, 3.63) is 52.5 Å². The summed E-state index contributed by atoms with van der Waals surface area (Å²) in [6.07, 6.45) is 2.15. The molecule has 2 aliphatic heterocycles. The van der Waals surface area contributed by atoms with Gasteiger partial charge in [0.25, 0.3) is 5.91 Å². The highest BCUT2D eigenvalue weighted by molar-refractivity contribution is 8.26. The van der Waals surface area contributed by atoms with Crippen molar-refractivity contribution in [3.8, 4) is 11.3 Å². The average molecular weight is 403 g/mol. The van der Waals surface area contributed by atoms with Crippen molar-refractivity contribution in [1.29, 1.82) is 5.41 Å². The van der Waals surface area contributed by atoms with Gasteiger partial charge in [0, 0.05) is 5.56 Å². The second kappa shape index (κ2) is 6.79. The third-order valence-electron chi connectivity index (χ3n) is 3.92. The van der Waals surface area contributed by atoms with Crippen LogP contribution >= 0.6 is 23.4 Å². The van der Waals surface area contributed by atoms with E-state index in [4.69, 9.17) is 21.4 Å². The van der Waals surface area contributed by atoms with Crippen LogP contribution in [0.2, 0.25) is 5.02 Å². The summed E-state index contributed by atoms with van der Waals surface area (Å²) in [4.78, 5) is 16.3. The van der Waals surface area contributed by atoms with E-state index in [9.17, 15) is 9.18 Å². The molecule has 2 aliphatic rings. The molecule has 0 aliphatic carbocycles. The number of furan rings is 1. The number of carbonyl (C=O) groups is 1. The monoisotopic (exact) mass is 402 g/mol. The summed E-state index contributed by atoms with van der Waals surface area (Å²) in [6, 6.07) is 7.59. The van der Waals surface area contributed by atoms with Gasteiger partial charge in [-0.1, -0.05) is 18.5 Å². The minimum atomic E-state index is -0.519. The van der Waals surface area contributed by atoms with Gasteiger partial charge < -0.3 is 4.42 Å². The Bertz CT molecular complexity index is 1070. The first kappa shape index (κ1) is 17.7. The Hall–Kier alpha value is -2.71. The van der Waals surface area contributed by atoms with Crippen molar-refractivity contribution in [2.75, 3.05) is 0 Å². The Labute approximate surface area is 162 Å². The number of thioether (sulfide) groups is 1. The smallest absolute Gasteiger partial charge is 0.283 e. The summed E-state index contributed by atoms with van der Waals surface area (Å²) >= 11 is 7.09. The third kappa shape index (κ3) is 3.22. The van der Waals surface area contributed by atoms with Gasteiger partial charge in [-0.2, -0.15) is 15.1 Å². The average Bonchev–Trinajstić information content (AvgIpc) is 3.28. The number of amides is 1. The van der Waals surface area contributed by atoms with E-state index in [1.165, 1.54) is 35.0 Å². The summed E-state index contributed by atoms with van der Waals surface area (Å²) in [5.74, 6) is -0.257. The molecule has 0 saturated carbocycles. The second-order valence-corrected chi connectivity index (χ2v) is 7.15. The van der Waals surface area contributed by atoms with Gasteiger partial charge in [-0.05, 0) is 54.6 Å². The molecule has 0 radical (unpaired) electrons. The molecule has 9 heteroatoms. The topological polar surface area (TPSA) is 82.0 Å². The lowest BCUT2D eigenvalue weighted by Gasteiger charge is -2.19. The Morgan fingerprint density at radius 3 is 2.93 bits per heavy atom. The number of benzene rings is 1. The Balaban J connectivity index is 1.65. The number of amidine groups is 2. The maximum atomic E-state index is 13.3. The molecule has 27 heavy (non-hydrogen) atoms.